The van der Waals surface area contributed by atoms with Gasteiger partial charge in [-0.1, -0.05) is 17.7 Å². The average Bonchev–Trinajstić information content (AvgIpc) is 3.33. The fourth-order valence-electron chi connectivity index (χ4n) is 2.03. The van der Waals surface area contributed by atoms with Crippen molar-refractivity contribution in [3.05, 3.63) is 53.6 Å². The highest BCUT2D eigenvalue weighted by molar-refractivity contribution is 7.93. The third kappa shape index (κ3) is 4.07. The van der Waals surface area contributed by atoms with Crippen LogP contribution in [0.25, 0.3) is 0 Å². The molecular weight excluding hydrogens is 372 g/mol. The van der Waals surface area contributed by atoms with Crippen molar-refractivity contribution in [1.29, 1.82) is 0 Å². The summed E-state index contributed by atoms with van der Waals surface area (Å²) in [6.07, 6.45) is 1.60. The lowest BCUT2D eigenvalue weighted by Gasteiger charge is -2.10. The molecule has 1 fully saturated rings. The smallest absolute Gasteiger partial charge is 0.261 e. The summed E-state index contributed by atoms with van der Waals surface area (Å²) in [6.45, 7) is 0. The molecule has 0 amide bonds. The minimum absolute atomic E-state index is 0.0533. The van der Waals surface area contributed by atoms with Crippen LogP contribution in [-0.2, 0) is 20.0 Å². The molecule has 24 heavy (non-hydrogen) atoms. The van der Waals surface area contributed by atoms with Crippen LogP contribution in [0.2, 0.25) is 5.02 Å². The lowest BCUT2D eigenvalue weighted by Crippen LogP contribution is -2.26. The number of rotatable bonds is 6. The Kier molecular flexibility index (Phi) is 4.56. The molecule has 2 aromatic rings. The Labute approximate surface area is 146 Å². The molecule has 9 heteroatoms. The molecule has 3 rings (SSSR count). The van der Waals surface area contributed by atoms with Gasteiger partial charge in [-0.05, 0) is 55.3 Å². The van der Waals surface area contributed by atoms with E-state index in [2.05, 4.69) is 9.44 Å². The largest absolute Gasteiger partial charge is 0.280 e. The van der Waals surface area contributed by atoms with Crippen LogP contribution in [0.15, 0.2) is 58.3 Å². The van der Waals surface area contributed by atoms with Gasteiger partial charge in [-0.15, -0.1) is 0 Å². The fraction of sp³-hybridized carbons (Fsp3) is 0.200. The molecule has 128 valence electrons. The Balaban J connectivity index is 1.88. The second-order valence-corrected chi connectivity index (χ2v) is 9.32. The fourth-order valence-corrected chi connectivity index (χ4v) is 4.68. The molecule has 0 heterocycles. The zero-order valence-electron chi connectivity index (χ0n) is 12.4. The Morgan fingerprint density at radius 2 is 1.46 bits per heavy atom. The third-order valence-corrected chi connectivity index (χ3v) is 6.57. The first kappa shape index (κ1) is 17.2. The highest BCUT2D eigenvalue weighted by Crippen LogP contribution is 2.24. The van der Waals surface area contributed by atoms with Crippen molar-refractivity contribution in [2.24, 2.45) is 0 Å². The first-order valence-electron chi connectivity index (χ1n) is 7.17. The first-order chi connectivity index (χ1) is 11.3. The number of hydrogen-bond acceptors (Lipinski definition) is 4. The zero-order valence-corrected chi connectivity index (χ0v) is 14.8. The van der Waals surface area contributed by atoms with Gasteiger partial charge in [0, 0.05) is 16.8 Å². The van der Waals surface area contributed by atoms with E-state index < -0.39 is 20.0 Å². The van der Waals surface area contributed by atoms with Crippen molar-refractivity contribution < 1.29 is 16.8 Å². The molecule has 0 saturated heterocycles. The van der Waals surface area contributed by atoms with E-state index in [0.717, 1.165) is 18.9 Å². The van der Waals surface area contributed by atoms with Gasteiger partial charge in [-0.2, -0.15) is 0 Å². The van der Waals surface area contributed by atoms with Gasteiger partial charge >= 0.3 is 0 Å². The molecule has 1 saturated carbocycles. The van der Waals surface area contributed by atoms with E-state index in [0.29, 0.717) is 10.7 Å². The van der Waals surface area contributed by atoms with Crippen molar-refractivity contribution in [2.45, 2.75) is 28.7 Å². The Morgan fingerprint density at radius 3 is 2.04 bits per heavy atom. The SMILES string of the molecule is O=S(=O)(Nc1ccc(Cl)cc1)c1cccc(S(=O)(=O)NC2CC2)c1. The van der Waals surface area contributed by atoms with Gasteiger partial charge in [0.25, 0.3) is 10.0 Å². The first-order valence-corrected chi connectivity index (χ1v) is 10.5. The lowest BCUT2D eigenvalue weighted by molar-refractivity contribution is 0.580. The van der Waals surface area contributed by atoms with Gasteiger partial charge in [0.1, 0.15) is 0 Å². The van der Waals surface area contributed by atoms with Crippen LogP contribution in [-0.4, -0.2) is 22.9 Å². The zero-order chi connectivity index (χ0) is 17.4. The molecule has 0 radical (unpaired) electrons. The molecular formula is C15H15ClN2O4S2. The third-order valence-electron chi connectivity index (χ3n) is 3.42. The molecule has 0 aromatic heterocycles. The molecule has 0 atom stereocenters. The summed E-state index contributed by atoms with van der Waals surface area (Å²) in [5, 5.41) is 0.484. The topological polar surface area (TPSA) is 92.3 Å². The molecule has 2 N–H and O–H groups in total. The van der Waals surface area contributed by atoms with Gasteiger partial charge in [0.2, 0.25) is 10.0 Å². The normalized spacial score (nSPS) is 15.2. The standard InChI is InChI=1S/C15H15ClN2O4S2/c16-11-4-6-12(7-5-11)17-23(19,20)14-2-1-3-15(10-14)24(21,22)18-13-8-9-13/h1-7,10,13,17-18H,8-9H2. The molecule has 0 aliphatic heterocycles. The maximum Gasteiger partial charge on any atom is 0.261 e. The Hall–Kier alpha value is -1.61. The van der Waals surface area contributed by atoms with Gasteiger partial charge in [-0.3, -0.25) is 4.72 Å². The van der Waals surface area contributed by atoms with Gasteiger partial charge in [0.15, 0.2) is 0 Å². The van der Waals surface area contributed by atoms with Gasteiger partial charge in [-0.25, -0.2) is 21.6 Å². The second-order valence-electron chi connectivity index (χ2n) is 5.48. The van der Waals surface area contributed by atoms with E-state index in [1.54, 1.807) is 12.1 Å². The van der Waals surface area contributed by atoms with Crippen molar-refractivity contribution in [2.75, 3.05) is 4.72 Å². The summed E-state index contributed by atoms with van der Waals surface area (Å²) in [7, 11) is -7.63. The summed E-state index contributed by atoms with van der Waals surface area (Å²) in [4.78, 5) is -0.204. The van der Waals surface area contributed by atoms with Crippen LogP contribution in [0.4, 0.5) is 5.69 Å². The number of halogens is 1. The van der Waals surface area contributed by atoms with Gasteiger partial charge < -0.3 is 0 Å². The van der Waals surface area contributed by atoms with E-state index in [1.165, 1.54) is 30.3 Å². The average molecular weight is 387 g/mol. The lowest BCUT2D eigenvalue weighted by atomic mass is 10.3. The molecule has 2 aromatic carbocycles. The molecule has 1 aliphatic rings. The summed E-state index contributed by atoms with van der Waals surface area (Å²) < 4.78 is 54.2. The van der Waals surface area contributed by atoms with Crippen molar-refractivity contribution in [1.82, 2.24) is 4.72 Å². The van der Waals surface area contributed by atoms with Crippen LogP contribution in [0.1, 0.15) is 12.8 Å². The highest BCUT2D eigenvalue weighted by atomic mass is 35.5. The number of benzene rings is 2. The molecule has 0 unspecified atom stereocenters. The van der Waals surface area contributed by atoms with Gasteiger partial charge in [0.05, 0.1) is 9.79 Å². The predicted molar refractivity (Wildman–Crippen MR) is 92.0 cm³/mol. The maximum atomic E-state index is 12.4. The monoisotopic (exact) mass is 386 g/mol. The van der Waals surface area contributed by atoms with E-state index in [4.69, 9.17) is 11.6 Å². The second kappa shape index (κ2) is 6.36. The number of sulfonamides is 2. The maximum absolute atomic E-state index is 12.4. The van der Waals surface area contributed by atoms with Crippen LogP contribution in [0.5, 0.6) is 0 Å². The summed E-state index contributed by atoms with van der Waals surface area (Å²) in [5.41, 5.74) is 0.337. The minimum Gasteiger partial charge on any atom is -0.280 e. The molecule has 0 bridgehead atoms. The quantitative estimate of drug-likeness (QED) is 0.798. The van der Waals surface area contributed by atoms with E-state index in [9.17, 15) is 16.8 Å². The Bertz CT molecular complexity index is 953. The summed E-state index contributed by atoms with van der Waals surface area (Å²) in [5.74, 6) is 0. The Morgan fingerprint density at radius 1 is 0.875 bits per heavy atom. The van der Waals surface area contributed by atoms with E-state index >= 15 is 0 Å². The minimum atomic E-state index is -3.91. The van der Waals surface area contributed by atoms with Crippen LogP contribution in [0.3, 0.4) is 0 Å². The number of hydrogen-bond donors (Lipinski definition) is 2. The highest BCUT2D eigenvalue weighted by Gasteiger charge is 2.28. The van der Waals surface area contributed by atoms with Crippen molar-refractivity contribution >= 4 is 37.3 Å². The molecule has 0 spiro atoms. The van der Waals surface area contributed by atoms with Crippen molar-refractivity contribution in [3.63, 3.8) is 0 Å². The molecule has 1 aliphatic carbocycles. The predicted octanol–water partition coefficient (Wildman–Crippen LogP) is 2.58. The van der Waals surface area contributed by atoms with Crippen LogP contribution in [0, 0.1) is 0 Å². The van der Waals surface area contributed by atoms with Crippen LogP contribution >= 0.6 is 11.6 Å². The van der Waals surface area contributed by atoms with Crippen molar-refractivity contribution in [3.8, 4) is 0 Å². The summed E-state index contributed by atoms with van der Waals surface area (Å²) in [6, 6.07) is 11.4. The van der Waals surface area contributed by atoms with Crippen LogP contribution < -0.4 is 9.44 Å². The number of nitrogens with one attached hydrogen (secondary N) is 2. The number of anilines is 1. The van der Waals surface area contributed by atoms with E-state index in [-0.39, 0.29) is 15.8 Å². The van der Waals surface area contributed by atoms with E-state index in [1.807, 2.05) is 0 Å². The summed E-state index contributed by atoms with van der Waals surface area (Å²) >= 11 is 5.77. The molecule has 6 nitrogen and oxygen atoms in total.